The minimum absolute atomic E-state index is 0. The quantitative estimate of drug-likeness (QED) is 0.434. The summed E-state index contributed by atoms with van der Waals surface area (Å²) in [6, 6.07) is 6.66. The molecule has 0 fully saturated rings. The molecule has 0 nitrogen and oxygen atoms in total. The Morgan fingerprint density at radius 2 is 1.42 bits per heavy atom. The van der Waals surface area contributed by atoms with Gasteiger partial charge in [0.25, 0.3) is 0 Å². The van der Waals surface area contributed by atoms with Crippen molar-refractivity contribution in [1.82, 2.24) is 0 Å². The molecule has 0 saturated heterocycles. The molecule has 0 bridgehead atoms. The Bertz CT molecular complexity index is 610. The Balaban J connectivity index is 0. The number of hydrogen-bond donors (Lipinski definition) is 0. The molecule has 0 radical (unpaired) electrons. The summed E-state index contributed by atoms with van der Waals surface area (Å²) in [5.74, 6) is 0. The first-order chi connectivity index (χ1) is 9.49. The largest absolute Gasteiger partial charge is 1.00 e. The molecular weight excluding hydrogens is 411 g/mol. The average Bonchev–Trinajstić information content (AvgIpc) is 2.73. The third kappa shape index (κ3) is 4.81. The first-order valence-electron chi connectivity index (χ1n) is 7.73. The van der Waals surface area contributed by atoms with Crippen LogP contribution in [0.4, 0.5) is 0 Å². The van der Waals surface area contributed by atoms with Crippen molar-refractivity contribution in [1.29, 1.82) is 0 Å². The maximum Gasteiger partial charge on any atom is -1.00 e. The van der Waals surface area contributed by atoms with Crippen LogP contribution < -0.4 is 37.2 Å². The van der Waals surface area contributed by atoms with Crippen molar-refractivity contribution in [3.05, 3.63) is 58.3 Å². The monoisotopic (exact) mass is 436 g/mol. The van der Waals surface area contributed by atoms with Gasteiger partial charge in [0.2, 0.25) is 0 Å². The van der Waals surface area contributed by atoms with Gasteiger partial charge in [-0.25, -0.2) is 0 Å². The normalized spacial score (nSPS) is 19.8. The van der Waals surface area contributed by atoms with Gasteiger partial charge in [0.1, 0.15) is 0 Å². The predicted octanol–water partition coefficient (Wildman–Crippen LogP) is -3.33. The van der Waals surface area contributed by atoms with Crippen LogP contribution in [-0.2, 0) is 25.9 Å². The van der Waals surface area contributed by atoms with E-state index in [0.29, 0.717) is 0 Å². The smallest absolute Gasteiger partial charge is 1.00 e. The van der Waals surface area contributed by atoms with Gasteiger partial charge in [-0.15, -0.1) is 0 Å². The number of hydrogen-bond acceptors (Lipinski definition) is 0. The molecule has 0 saturated carbocycles. The van der Waals surface area contributed by atoms with E-state index in [1.165, 1.54) is 16.7 Å². The zero-order valence-electron chi connectivity index (χ0n) is 15.6. The molecular formula is C19H27Cl3SiTi. The molecule has 132 valence electrons. The number of benzene rings is 1. The van der Waals surface area contributed by atoms with Crippen LogP contribution in [0.2, 0.25) is 23.4 Å². The number of allylic oxidation sites excluding steroid dienone is 4. The fourth-order valence-electron chi connectivity index (χ4n) is 3.43. The first kappa shape index (κ1) is 26.7. The van der Waals surface area contributed by atoms with Crippen molar-refractivity contribution in [3.63, 3.8) is 0 Å². The summed E-state index contributed by atoms with van der Waals surface area (Å²) >= 11 is 2.39. The van der Waals surface area contributed by atoms with Gasteiger partial charge in [0.05, 0.1) is 0 Å². The summed E-state index contributed by atoms with van der Waals surface area (Å²) in [6.07, 6.45) is 7.37. The van der Waals surface area contributed by atoms with Gasteiger partial charge in [0, 0.05) is 0 Å². The Hall–Kier alpha value is 0.501. The van der Waals surface area contributed by atoms with E-state index in [2.05, 4.69) is 104 Å². The van der Waals surface area contributed by atoms with Crippen molar-refractivity contribution in [2.75, 3.05) is 0 Å². The zero-order valence-corrected chi connectivity index (χ0v) is 20.4. The summed E-state index contributed by atoms with van der Waals surface area (Å²) in [5.41, 5.74) is 4.42. The molecule has 0 amide bonds. The van der Waals surface area contributed by atoms with Crippen molar-refractivity contribution in [3.8, 4) is 0 Å². The maximum atomic E-state index is 2.55. The van der Waals surface area contributed by atoms with Gasteiger partial charge < -0.3 is 37.2 Å². The van der Waals surface area contributed by atoms with Crippen molar-refractivity contribution in [2.24, 2.45) is 0 Å². The molecule has 1 atom stereocenters. The predicted molar refractivity (Wildman–Crippen MR) is 92.2 cm³/mol. The van der Waals surface area contributed by atoms with E-state index in [1.54, 1.807) is 5.20 Å². The van der Waals surface area contributed by atoms with Gasteiger partial charge in [-0.1, -0.05) is 0 Å². The molecule has 5 heteroatoms. The van der Waals surface area contributed by atoms with Crippen LogP contribution in [0.5, 0.6) is 0 Å². The minimum Gasteiger partial charge on any atom is -1.00 e. The Labute approximate surface area is 179 Å². The summed E-state index contributed by atoms with van der Waals surface area (Å²) in [6.45, 7) is 16.6. The maximum absolute atomic E-state index is 2.55. The van der Waals surface area contributed by atoms with Crippen LogP contribution >= 0.6 is 0 Å². The molecule has 1 aromatic carbocycles. The van der Waals surface area contributed by atoms with E-state index in [9.17, 15) is 0 Å². The van der Waals surface area contributed by atoms with Crippen molar-refractivity contribution in [2.45, 2.75) is 56.5 Å². The second-order valence-corrected chi connectivity index (χ2v) is 14.3. The van der Waals surface area contributed by atoms with Gasteiger partial charge in [-0.05, 0) is 0 Å². The summed E-state index contributed by atoms with van der Waals surface area (Å²) in [4.78, 5) is 0. The fraction of sp³-hybridized carbons (Fsp3) is 0.474. The van der Waals surface area contributed by atoms with Gasteiger partial charge in [0.15, 0.2) is 0 Å². The van der Waals surface area contributed by atoms with E-state index in [1.807, 2.05) is 0 Å². The van der Waals surface area contributed by atoms with E-state index in [-0.39, 0.29) is 46.4 Å². The van der Waals surface area contributed by atoms with Gasteiger partial charge >= 0.3 is 143 Å². The van der Waals surface area contributed by atoms with Crippen LogP contribution in [-0.4, -0.2) is 8.07 Å². The van der Waals surface area contributed by atoms with E-state index in [4.69, 9.17) is 0 Å². The van der Waals surface area contributed by atoms with Gasteiger partial charge in [-0.2, -0.15) is 0 Å². The molecule has 0 heterocycles. The number of aryl methyl sites for hydroxylation is 2. The van der Waals surface area contributed by atoms with E-state index < -0.39 is 8.07 Å². The fourth-order valence-corrected chi connectivity index (χ4v) is 5.46. The SMILES string of the molecule is Cc1cccc(C)c1C(C)(C)[C]1([Ti+3])C=CC([Si](C)(C)C)=C1.[Cl-].[Cl-].[Cl-]. The molecule has 0 spiro atoms. The standard InChI is InChI=1S/C19H27Si.3ClH.Ti/c1-14-9-8-10-15(2)18(14)19(3,4)16-11-12-17(13-16)20(5,6)7;;;;/h8-13H,1-7H3;3*1H;/q;;;;+3/p-3. The third-order valence-corrected chi connectivity index (χ3v) is 8.42. The number of halogens is 3. The molecule has 1 aliphatic rings. The molecule has 1 aromatic rings. The average molecular weight is 438 g/mol. The second-order valence-electron chi connectivity index (χ2n) is 7.94. The van der Waals surface area contributed by atoms with Crippen LogP contribution in [0.25, 0.3) is 0 Å². The molecule has 0 aliphatic heterocycles. The molecule has 0 N–H and O–H groups in total. The van der Waals surface area contributed by atoms with Gasteiger partial charge in [-0.3, -0.25) is 0 Å². The van der Waals surface area contributed by atoms with E-state index in [0.717, 1.165) is 0 Å². The Morgan fingerprint density at radius 3 is 1.79 bits per heavy atom. The topological polar surface area (TPSA) is 0 Å². The molecule has 24 heavy (non-hydrogen) atoms. The summed E-state index contributed by atoms with van der Waals surface area (Å²) < 4.78 is 0.0967. The summed E-state index contributed by atoms with van der Waals surface area (Å²) in [5, 5.41) is 1.59. The third-order valence-electron chi connectivity index (χ3n) is 4.92. The Kier molecular flexibility index (Phi) is 9.95. The van der Waals surface area contributed by atoms with Crippen LogP contribution in [0.15, 0.2) is 41.6 Å². The van der Waals surface area contributed by atoms with Crippen molar-refractivity contribution >= 4 is 8.07 Å². The minimum atomic E-state index is -1.25. The van der Waals surface area contributed by atoms with Crippen LogP contribution in [0, 0.1) is 13.8 Å². The first-order valence-corrected chi connectivity index (χ1v) is 12.0. The Morgan fingerprint density at radius 1 is 0.958 bits per heavy atom. The summed E-state index contributed by atoms with van der Waals surface area (Å²) in [7, 11) is -1.25. The van der Waals surface area contributed by atoms with E-state index >= 15 is 0 Å². The molecule has 1 unspecified atom stereocenters. The van der Waals surface area contributed by atoms with Crippen molar-refractivity contribution < 1.29 is 57.7 Å². The molecule has 2 rings (SSSR count). The van der Waals surface area contributed by atoms with Crippen LogP contribution in [0.1, 0.15) is 30.5 Å². The zero-order chi connectivity index (χ0) is 16.1. The molecule has 1 aliphatic carbocycles. The number of rotatable bonds is 3. The molecule has 0 aromatic heterocycles. The second kappa shape index (κ2) is 8.93. The van der Waals surface area contributed by atoms with Crippen LogP contribution in [0.3, 0.4) is 0 Å².